The van der Waals surface area contributed by atoms with Gasteiger partial charge in [0.05, 0.1) is 0 Å². The third kappa shape index (κ3) is 2.27. The molecule has 1 rings (SSSR count). The number of hydrogen-bond donors (Lipinski definition) is 2. The molecule has 0 aliphatic carbocycles. The monoisotopic (exact) mass is 275 g/mol. The van der Waals surface area contributed by atoms with E-state index in [-0.39, 0.29) is 19.9 Å². The molecule has 84 valence electrons. The minimum atomic E-state index is -0.863. The zero-order valence-corrected chi connectivity index (χ0v) is 11.3. The van der Waals surface area contributed by atoms with Gasteiger partial charge in [0.1, 0.15) is 0 Å². The van der Waals surface area contributed by atoms with Gasteiger partial charge in [-0.25, -0.2) is 0 Å². The van der Waals surface area contributed by atoms with Crippen LogP contribution in [0.15, 0.2) is 0 Å². The summed E-state index contributed by atoms with van der Waals surface area (Å²) in [6.45, 7) is 8.35. The van der Waals surface area contributed by atoms with Gasteiger partial charge in [0, 0.05) is 0 Å². The van der Waals surface area contributed by atoms with Crippen LogP contribution in [0.5, 0.6) is 0 Å². The van der Waals surface area contributed by atoms with Gasteiger partial charge in [-0.05, 0) is 0 Å². The minimum absolute atomic E-state index is 0.0210. The molecule has 4 heteroatoms. The van der Waals surface area contributed by atoms with Crippen LogP contribution in [0.3, 0.4) is 0 Å². The molecule has 0 spiro atoms. The van der Waals surface area contributed by atoms with Crippen molar-refractivity contribution in [2.45, 2.75) is 39.5 Å². The van der Waals surface area contributed by atoms with Crippen LogP contribution in [0.25, 0.3) is 0 Å². The van der Waals surface area contributed by atoms with Crippen molar-refractivity contribution in [2.75, 3.05) is 5.73 Å². The zero-order valence-electron chi connectivity index (χ0n) is 9.55. The summed E-state index contributed by atoms with van der Waals surface area (Å²) >= 11 is -0.112. The van der Waals surface area contributed by atoms with Gasteiger partial charge in [0.15, 0.2) is 0 Å². The number of carbonyl (C=O) groups is 1. The van der Waals surface area contributed by atoms with Crippen LogP contribution in [0.4, 0.5) is 5.69 Å². The van der Waals surface area contributed by atoms with Gasteiger partial charge in [-0.3, -0.25) is 0 Å². The Bertz CT molecular complexity index is 388. The number of aromatic carboxylic acids is 1. The van der Waals surface area contributed by atoms with Crippen LogP contribution in [0, 0.1) is 0 Å². The molecule has 15 heavy (non-hydrogen) atoms. The first kappa shape index (κ1) is 12.3. The Morgan fingerprint density at radius 3 is 2.27 bits per heavy atom. The molecule has 1 aromatic heterocycles. The van der Waals surface area contributed by atoms with Gasteiger partial charge < -0.3 is 0 Å². The van der Waals surface area contributed by atoms with E-state index in [9.17, 15) is 4.79 Å². The Morgan fingerprint density at radius 2 is 2.00 bits per heavy atom. The molecule has 0 amide bonds. The Kier molecular flexibility index (Phi) is 3.31. The number of anilines is 1. The first-order chi connectivity index (χ1) is 6.79. The number of nitrogen functional groups attached to an aromatic ring is 1. The van der Waals surface area contributed by atoms with E-state index in [0.717, 1.165) is 12.0 Å². The zero-order chi connectivity index (χ0) is 11.8. The normalized spacial score (nSPS) is 11.7. The summed E-state index contributed by atoms with van der Waals surface area (Å²) in [5.41, 5.74) is 7.46. The second kappa shape index (κ2) is 4.03. The van der Waals surface area contributed by atoms with E-state index in [0.29, 0.717) is 10.1 Å². The molecule has 0 aliphatic heterocycles. The molecule has 3 N–H and O–H groups in total. The molecule has 0 bridgehead atoms. The first-order valence-electron chi connectivity index (χ1n) is 4.94. The van der Waals surface area contributed by atoms with Gasteiger partial charge >= 0.3 is 95.8 Å². The molecule has 0 fully saturated rings. The van der Waals surface area contributed by atoms with E-state index in [2.05, 4.69) is 20.8 Å². The summed E-state index contributed by atoms with van der Waals surface area (Å²) in [7, 11) is 0. The van der Waals surface area contributed by atoms with Crippen molar-refractivity contribution < 1.29 is 9.90 Å². The van der Waals surface area contributed by atoms with Gasteiger partial charge in [0.25, 0.3) is 0 Å². The molecule has 0 unspecified atom stereocenters. The van der Waals surface area contributed by atoms with Gasteiger partial charge in [-0.2, -0.15) is 0 Å². The predicted octanol–water partition coefficient (Wildman–Crippen LogP) is 1.88. The topological polar surface area (TPSA) is 63.3 Å². The van der Waals surface area contributed by atoms with E-state index < -0.39 is 5.97 Å². The maximum absolute atomic E-state index is 11.0. The number of hydrogen-bond acceptors (Lipinski definition) is 2. The standard InChI is InChI=1S/C11H17NO2Se/c1-5-6-7(12)8(10(13)14)15-9(6)11(2,3)4/h5,12H2,1-4H3,(H,13,14). The van der Waals surface area contributed by atoms with Crippen molar-refractivity contribution in [2.24, 2.45) is 0 Å². The number of carboxylic acid groups (broad SMARTS) is 1. The van der Waals surface area contributed by atoms with Gasteiger partial charge in [-0.1, -0.05) is 0 Å². The number of rotatable bonds is 2. The molecular weight excluding hydrogens is 257 g/mol. The van der Waals surface area contributed by atoms with Crippen molar-refractivity contribution in [3.05, 3.63) is 14.4 Å². The molecule has 0 aliphatic rings. The molecule has 0 saturated heterocycles. The average molecular weight is 274 g/mol. The first-order valence-corrected chi connectivity index (χ1v) is 6.65. The van der Waals surface area contributed by atoms with Crippen molar-refractivity contribution in [1.82, 2.24) is 0 Å². The van der Waals surface area contributed by atoms with Crippen LogP contribution in [-0.2, 0) is 11.8 Å². The van der Waals surface area contributed by atoms with Crippen LogP contribution >= 0.6 is 0 Å². The van der Waals surface area contributed by atoms with Gasteiger partial charge in [0.2, 0.25) is 0 Å². The fraction of sp³-hybridized carbons (Fsp3) is 0.545. The summed E-state index contributed by atoms with van der Waals surface area (Å²) in [6, 6.07) is 0. The molecule has 1 aromatic rings. The Hall–Kier alpha value is -0.731. The van der Waals surface area contributed by atoms with E-state index in [1.165, 1.54) is 4.44 Å². The number of nitrogens with two attached hydrogens (primary N) is 1. The maximum atomic E-state index is 11.0. The summed E-state index contributed by atoms with van der Waals surface area (Å²) in [5.74, 6) is -0.863. The quantitative estimate of drug-likeness (QED) is 0.809. The summed E-state index contributed by atoms with van der Waals surface area (Å²) in [6.07, 6.45) is 0.816. The third-order valence-corrected chi connectivity index (χ3v) is 5.76. The summed E-state index contributed by atoms with van der Waals surface area (Å²) in [5, 5.41) is 9.03. The van der Waals surface area contributed by atoms with Crippen molar-refractivity contribution >= 4 is 26.2 Å². The van der Waals surface area contributed by atoms with E-state index in [4.69, 9.17) is 10.8 Å². The Labute approximate surface area is 96.0 Å². The Morgan fingerprint density at radius 1 is 1.47 bits per heavy atom. The van der Waals surface area contributed by atoms with Crippen LogP contribution in [0.2, 0.25) is 0 Å². The van der Waals surface area contributed by atoms with Crippen LogP contribution in [-0.4, -0.2) is 25.6 Å². The van der Waals surface area contributed by atoms with E-state index in [1.54, 1.807) is 0 Å². The average Bonchev–Trinajstić information content (AvgIpc) is 2.41. The van der Waals surface area contributed by atoms with Crippen molar-refractivity contribution in [3.8, 4) is 0 Å². The molecule has 0 radical (unpaired) electrons. The van der Waals surface area contributed by atoms with Crippen LogP contribution < -0.4 is 5.73 Å². The van der Waals surface area contributed by atoms with Gasteiger partial charge in [-0.15, -0.1) is 0 Å². The SMILES string of the molecule is CCc1c(C(C)(C)C)[se]c(C(=O)O)c1N. The summed E-state index contributed by atoms with van der Waals surface area (Å²) in [4.78, 5) is 11.0. The third-order valence-electron chi connectivity index (χ3n) is 2.28. The molecule has 0 aromatic carbocycles. The molecule has 3 nitrogen and oxygen atoms in total. The molecule has 1 heterocycles. The Balaban J connectivity index is 3.41. The molecular formula is C11H17NO2Se. The van der Waals surface area contributed by atoms with Crippen LogP contribution in [0.1, 0.15) is 46.9 Å². The second-order valence-electron chi connectivity index (χ2n) is 4.56. The molecule has 0 saturated carbocycles. The van der Waals surface area contributed by atoms with Crippen molar-refractivity contribution in [1.29, 1.82) is 0 Å². The fourth-order valence-electron chi connectivity index (χ4n) is 1.59. The summed E-state index contributed by atoms with van der Waals surface area (Å²) < 4.78 is 1.65. The number of carboxylic acids is 1. The van der Waals surface area contributed by atoms with Crippen molar-refractivity contribution in [3.63, 3.8) is 0 Å². The second-order valence-corrected chi connectivity index (χ2v) is 6.70. The fourth-order valence-corrected chi connectivity index (χ4v) is 4.13. The molecule has 0 atom stereocenters. The van der Waals surface area contributed by atoms with E-state index >= 15 is 0 Å². The van der Waals surface area contributed by atoms with E-state index in [1.807, 2.05) is 6.92 Å². The predicted molar refractivity (Wildman–Crippen MR) is 62.8 cm³/mol.